The van der Waals surface area contributed by atoms with Gasteiger partial charge in [-0.3, -0.25) is 9.59 Å². The predicted octanol–water partition coefficient (Wildman–Crippen LogP) is 5.76. The van der Waals surface area contributed by atoms with Gasteiger partial charge in [0, 0.05) is 27.7 Å². The van der Waals surface area contributed by atoms with Crippen molar-refractivity contribution in [2.75, 3.05) is 0 Å². The van der Waals surface area contributed by atoms with Crippen LogP contribution in [0, 0.1) is 50.2 Å². The molecule has 242 valence electrons. The van der Waals surface area contributed by atoms with Crippen molar-refractivity contribution in [3.8, 4) is 11.8 Å². The number of nitrogens with zero attached hydrogens (tertiary/aromatic N) is 1. The molecule has 5 aliphatic rings. The second kappa shape index (κ2) is 9.39. The van der Waals surface area contributed by atoms with Gasteiger partial charge < -0.3 is 10.2 Å². The third kappa shape index (κ3) is 4.04. The molecule has 8 atom stereocenters. The normalized spacial score (nSPS) is 43.9. The molecule has 0 spiro atoms. The molecule has 0 amide bonds. The first kappa shape index (κ1) is 32.2. The van der Waals surface area contributed by atoms with Gasteiger partial charge in [-0.05, 0) is 105 Å². The molecule has 0 radical (unpaired) electrons. The number of benzene rings is 1. The first-order chi connectivity index (χ1) is 20.6. The number of rotatable bonds is 3. The number of phenolic OH excluding ortho intramolecular Hbond substituents is 1. The molecule has 3 saturated carbocycles. The van der Waals surface area contributed by atoms with E-state index in [0.717, 1.165) is 12.0 Å². The van der Waals surface area contributed by atoms with Crippen LogP contribution in [0.1, 0.15) is 93.4 Å². The van der Waals surface area contributed by atoms with Gasteiger partial charge in [0.1, 0.15) is 17.4 Å². The van der Waals surface area contributed by atoms with Gasteiger partial charge in [-0.15, -0.1) is 0 Å². The quantitative estimate of drug-likeness (QED) is 0.384. The highest BCUT2D eigenvalue weighted by Crippen LogP contribution is 2.75. The maximum absolute atomic E-state index is 14.7. The molecule has 0 aliphatic heterocycles. The van der Waals surface area contributed by atoms with Gasteiger partial charge in [0.15, 0.2) is 11.6 Å². The Morgan fingerprint density at radius 2 is 1.53 bits per heavy atom. The molecule has 0 aromatic heterocycles. The third-order valence-corrected chi connectivity index (χ3v) is 15.4. The summed E-state index contributed by atoms with van der Waals surface area (Å²) in [7, 11) is -3.95. The van der Waals surface area contributed by atoms with Crippen LogP contribution in [0.4, 0.5) is 0 Å². The minimum absolute atomic E-state index is 0.0281. The van der Waals surface area contributed by atoms with Crippen molar-refractivity contribution < 1.29 is 28.2 Å². The van der Waals surface area contributed by atoms with Crippen molar-refractivity contribution in [2.45, 2.75) is 109 Å². The third-order valence-electron chi connectivity index (χ3n) is 13.8. The molecule has 5 aliphatic carbocycles. The van der Waals surface area contributed by atoms with Gasteiger partial charge in [0.05, 0.1) is 10.5 Å². The highest BCUT2D eigenvalue weighted by molar-refractivity contribution is 7.89. The molecule has 45 heavy (non-hydrogen) atoms. The molecule has 8 nitrogen and oxygen atoms in total. The van der Waals surface area contributed by atoms with E-state index in [-0.39, 0.29) is 45.5 Å². The molecule has 6 rings (SSSR count). The molecule has 1 aromatic rings. The van der Waals surface area contributed by atoms with Gasteiger partial charge in [0.2, 0.25) is 10.0 Å². The molecule has 1 aromatic carbocycles. The zero-order chi connectivity index (χ0) is 33.2. The number of allylic oxidation sites excluding steroid dienone is 3. The summed E-state index contributed by atoms with van der Waals surface area (Å²) in [6.07, 6.45) is 7.74. The predicted molar refractivity (Wildman–Crippen MR) is 169 cm³/mol. The summed E-state index contributed by atoms with van der Waals surface area (Å²) in [4.78, 5) is 28.0. The number of nitriles is 1. The van der Waals surface area contributed by atoms with Crippen molar-refractivity contribution in [1.29, 1.82) is 5.26 Å². The summed E-state index contributed by atoms with van der Waals surface area (Å²) >= 11 is 0. The molecule has 0 unspecified atom stereocenters. The van der Waals surface area contributed by atoms with E-state index in [1.165, 1.54) is 24.3 Å². The van der Waals surface area contributed by atoms with Gasteiger partial charge in [-0.25, -0.2) is 13.1 Å². The fraction of sp³-hybridized carbons (Fsp3) is 0.639. The maximum atomic E-state index is 14.7. The minimum Gasteiger partial charge on any atom is -0.508 e. The van der Waals surface area contributed by atoms with Crippen LogP contribution in [0.5, 0.6) is 5.75 Å². The Morgan fingerprint density at radius 1 is 0.911 bits per heavy atom. The summed E-state index contributed by atoms with van der Waals surface area (Å²) in [5, 5.41) is 32.7. The van der Waals surface area contributed by atoms with Gasteiger partial charge >= 0.3 is 0 Å². The lowest BCUT2D eigenvalue weighted by atomic mass is 9.33. The molecule has 0 bridgehead atoms. The molecular formula is C36H46N2O6S. The minimum atomic E-state index is -3.95. The highest BCUT2D eigenvalue weighted by atomic mass is 32.2. The fourth-order valence-corrected chi connectivity index (χ4v) is 12.3. The van der Waals surface area contributed by atoms with E-state index < -0.39 is 48.7 Å². The largest absolute Gasteiger partial charge is 0.508 e. The number of aliphatic hydroxyl groups is 1. The van der Waals surface area contributed by atoms with Gasteiger partial charge in [0.25, 0.3) is 0 Å². The van der Waals surface area contributed by atoms with Gasteiger partial charge in [-0.2, -0.15) is 5.26 Å². The summed E-state index contributed by atoms with van der Waals surface area (Å²) < 4.78 is 29.9. The number of hydrogen-bond acceptors (Lipinski definition) is 7. The molecular weight excluding hydrogens is 588 g/mol. The zero-order valence-electron chi connectivity index (χ0n) is 27.5. The topological polar surface area (TPSA) is 145 Å². The van der Waals surface area contributed by atoms with Crippen LogP contribution < -0.4 is 4.72 Å². The Morgan fingerprint density at radius 3 is 2.16 bits per heavy atom. The van der Waals surface area contributed by atoms with E-state index in [4.69, 9.17) is 0 Å². The smallest absolute Gasteiger partial charge is 0.241 e. The van der Waals surface area contributed by atoms with Crippen LogP contribution in [0.15, 0.2) is 52.5 Å². The fourth-order valence-electron chi connectivity index (χ4n) is 10.9. The van der Waals surface area contributed by atoms with Crippen molar-refractivity contribution >= 4 is 21.6 Å². The zero-order valence-corrected chi connectivity index (χ0v) is 28.3. The van der Waals surface area contributed by atoms with Crippen LogP contribution in [0.25, 0.3) is 0 Å². The molecule has 0 heterocycles. The number of fused-ring (bicyclic) bond motifs is 7. The van der Waals surface area contributed by atoms with E-state index in [0.29, 0.717) is 32.1 Å². The number of phenols is 1. The van der Waals surface area contributed by atoms with Crippen molar-refractivity contribution in [2.24, 2.45) is 38.9 Å². The van der Waals surface area contributed by atoms with Crippen molar-refractivity contribution in [1.82, 2.24) is 4.72 Å². The Balaban J connectivity index is 1.45. The number of Topliss-reactive ketones (excluding diaryl/α,β-unsaturated/α-hetero) is 1. The molecule has 0 saturated heterocycles. The van der Waals surface area contributed by atoms with E-state index in [1.807, 2.05) is 27.7 Å². The SMILES string of the molecule is CC1(C)C(=O)C(C#N)=C[C@]2(C)C3=CC(=O)[C@]4(O)[C@@H]5C[C@@](C)(NS(=O)(=O)c6ccc(O)cc6)CC[C@@]5(C)CC[C@@]4(C)[C@]3(C)CC[C@@H]12. The number of carbonyl (C=O) groups is 2. The maximum Gasteiger partial charge on any atom is 0.241 e. The Hall–Kier alpha value is -2.80. The number of aromatic hydroxyl groups is 1. The Labute approximate surface area is 267 Å². The van der Waals surface area contributed by atoms with E-state index in [9.17, 15) is 33.5 Å². The van der Waals surface area contributed by atoms with E-state index >= 15 is 0 Å². The summed E-state index contributed by atoms with van der Waals surface area (Å²) in [5.74, 6) is -1.15. The lowest BCUT2D eigenvalue weighted by molar-refractivity contribution is -0.239. The van der Waals surface area contributed by atoms with Crippen molar-refractivity contribution in [3.63, 3.8) is 0 Å². The first-order valence-electron chi connectivity index (χ1n) is 16.1. The second-order valence-corrected chi connectivity index (χ2v) is 18.2. The highest BCUT2D eigenvalue weighted by Gasteiger charge is 2.75. The number of hydrogen-bond donors (Lipinski definition) is 3. The lowest BCUT2D eigenvalue weighted by Crippen LogP contribution is -2.74. The monoisotopic (exact) mass is 634 g/mol. The molecule has 9 heteroatoms. The standard InChI is InChI=1S/C36H46N2O6S/c1-30(2)25-12-13-34(6)26(33(25,5)19-22(21-37)29(30)41)18-28(40)36(42)27-20-32(4,16-14-31(27,3)15-17-35(34,36)7)38-45(43,44)24-10-8-23(39)9-11-24/h8-11,18-19,25,27,38-39,42H,12-17,20H2,1-7H3/t25-,27+,31-,32-,33-,34+,35-,36+/m0/s1. The van der Waals surface area contributed by atoms with Crippen LogP contribution in [-0.2, 0) is 19.6 Å². The van der Waals surface area contributed by atoms with Crippen LogP contribution in [0.3, 0.4) is 0 Å². The summed E-state index contributed by atoms with van der Waals surface area (Å²) in [5.41, 5.74) is -4.96. The summed E-state index contributed by atoms with van der Waals surface area (Å²) in [6.45, 7) is 14.0. The number of ketones is 2. The van der Waals surface area contributed by atoms with Crippen LogP contribution in [-0.4, -0.2) is 41.3 Å². The number of carbonyl (C=O) groups excluding carboxylic acids is 2. The molecule has 3 N–H and O–H groups in total. The Kier molecular flexibility index (Phi) is 6.71. The summed E-state index contributed by atoms with van der Waals surface area (Å²) in [6, 6.07) is 7.52. The first-order valence-corrected chi connectivity index (χ1v) is 17.6. The number of nitrogens with one attached hydrogen (secondary N) is 1. The number of sulfonamides is 1. The lowest BCUT2D eigenvalue weighted by Gasteiger charge is -2.71. The molecule has 3 fully saturated rings. The van der Waals surface area contributed by atoms with Crippen LogP contribution in [0.2, 0.25) is 0 Å². The average Bonchev–Trinajstić information content (AvgIpc) is 2.95. The van der Waals surface area contributed by atoms with E-state index in [2.05, 4.69) is 31.6 Å². The second-order valence-electron chi connectivity index (χ2n) is 16.5. The van der Waals surface area contributed by atoms with Crippen LogP contribution >= 0.6 is 0 Å². The van der Waals surface area contributed by atoms with Gasteiger partial charge in [-0.1, -0.05) is 47.6 Å². The average molecular weight is 635 g/mol. The Bertz CT molecular complexity index is 1720. The van der Waals surface area contributed by atoms with E-state index in [1.54, 1.807) is 12.2 Å². The van der Waals surface area contributed by atoms with Crippen molar-refractivity contribution in [3.05, 3.63) is 47.6 Å².